The van der Waals surface area contributed by atoms with E-state index in [0.717, 1.165) is 11.1 Å². The second-order valence-corrected chi connectivity index (χ2v) is 4.52. The van der Waals surface area contributed by atoms with E-state index in [9.17, 15) is 4.79 Å². The molecule has 1 atom stereocenters. The second kappa shape index (κ2) is 7.06. The number of hydrogen-bond acceptors (Lipinski definition) is 4. The average molecular weight is 274 g/mol. The van der Waals surface area contributed by atoms with Crippen molar-refractivity contribution in [1.29, 1.82) is 0 Å². The first-order valence-electron chi connectivity index (χ1n) is 6.50. The van der Waals surface area contributed by atoms with Gasteiger partial charge >= 0.3 is 0 Å². The summed E-state index contributed by atoms with van der Waals surface area (Å²) in [5.41, 5.74) is 7.90. The molecular weight excluding hydrogens is 256 g/mol. The van der Waals surface area contributed by atoms with E-state index in [2.05, 4.69) is 17.2 Å². The van der Waals surface area contributed by atoms with Crippen molar-refractivity contribution in [2.24, 2.45) is 5.73 Å². The fourth-order valence-corrected chi connectivity index (χ4v) is 1.94. The van der Waals surface area contributed by atoms with Crippen LogP contribution < -0.4 is 11.1 Å². The fraction of sp³-hybridized carbons (Fsp3) is 0.400. The largest absolute Gasteiger partial charge is 0.376 e. The Morgan fingerprint density at radius 1 is 1.45 bits per heavy atom. The Balaban J connectivity index is 2.08. The zero-order valence-corrected chi connectivity index (χ0v) is 11.4. The van der Waals surface area contributed by atoms with Crippen LogP contribution >= 0.6 is 0 Å². The lowest BCUT2D eigenvalue weighted by atomic mass is 10.1. The standard InChI is InChI=1S/C15H18N2O3/c1-11-7-12(3-2-4-16)9-13(8-11)17-15(18)14-10-19-5-6-20-14/h7-9,14H,4-6,10,16H2,1H3,(H,17,18). The number of rotatable bonds is 2. The van der Waals surface area contributed by atoms with Crippen LogP contribution in [0.1, 0.15) is 11.1 Å². The number of amides is 1. The lowest BCUT2D eigenvalue weighted by Gasteiger charge is -2.22. The summed E-state index contributed by atoms with van der Waals surface area (Å²) in [6.07, 6.45) is -0.553. The smallest absolute Gasteiger partial charge is 0.255 e. The number of carbonyl (C=O) groups excluding carboxylic acids is 1. The van der Waals surface area contributed by atoms with Crippen LogP contribution in [0, 0.1) is 18.8 Å². The van der Waals surface area contributed by atoms with Crippen molar-refractivity contribution in [1.82, 2.24) is 0 Å². The zero-order valence-electron chi connectivity index (χ0n) is 11.4. The van der Waals surface area contributed by atoms with Gasteiger partial charge in [0.1, 0.15) is 0 Å². The molecule has 106 valence electrons. The highest BCUT2D eigenvalue weighted by molar-refractivity contribution is 5.94. The molecular formula is C15H18N2O3. The minimum atomic E-state index is -0.553. The van der Waals surface area contributed by atoms with E-state index < -0.39 is 6.10 Å². The molecule has 1 unspecified atom stereocenters. The van der Waals surface area contributed by atoms with E-state index in [-0.39, 0.29) is 12.5 Å². The molecule has 5 nitrogen and oxygen atoms in total. The van der Waals surface area contributed by atoms with Gasteiger partial charge in [-0.3, -0.25) is 4.79 Å². The first-order valence-corrected chi connectivity index (χ1v) is 6.50. The second-order valence-electron chi connectivity index (χ2n) is 4.52. The molecule has 0 aliphatic carbocycles. The van der Waals surface area contributed by atoms with Crippen LogP contribution in [0.5, 0.6) is 0 Å². The topological polar surface area (TPSA) is 73.6 Å². The Bertz CT molecular complexity index is 540. The summed E-state index contributed by atoms with van der Waals surface area (Å²) < 4.78 is 10.6. The van der Waals surface area contributed by atoms with Gasteiger partial charge in [-0.15, -0.1) is 0 Å². The maximum atomic E-state index is 12.0. The molecule has 0 aromatic heterocycles. The minimum absolute atomic E-state index is 0.201. The van der Waals surface area contributed by atoms with Gasteiger partial charge in [0.2, 0.25) is 0 Å². The molecule has 2 rings (SSSR count). The highest BCUT2D eigenvalue weighted by Gasteiger charge is 2.22. The van der Waals surface area contributed by atoms with Crippen molar-refractivity contribution in [3.63, 3.8) is 0 Å². The lowest BCUT2D eigenvalue weighted by molar-refractivity contribution is -0.142. The third-order valence-corrected chi connectivity index (χ3v) is 2.79. The zero-order chi connectivity index (χ0) is 14.4. The number of carbonyl (C=O) groups is 1. The number of nitrogens with two attached hydrogens (primary N) is 1. The van der Waals surface area contributed by atoms with Crippen LogP contribution in [-0.2, 0) is 14.3 Å². The summed E-state index contributed by atoms with van der Waals surface area (Å²) >= 11 is 0. The highest BCUT2D eigenvalue weighted by atomic mass is 16.6. The van der Waals surface area contributed by atoms with Gasteiger partial charge in [0.15, 0.2) is 6.10 Å². The molecule has 1 fully saturated rings. The van der Waals surface area contributed by atoms with Crippen molar-refractivity contribution in [3.05, 3.63) is 29.3 Å². The summed E-state index contributed by atoms with van der Waals surface area (Å²) in [5.74, 6) is 5.55. The van der Waals surface area contributed by atoms with E-state index in [1.807, 2.05) is 25.1 Å². The van der Waals surface area contributed by atoms with E-state index in [1.165, 1.54) is 0 Å². The molecule has 1 saturated heterocycles. The molecule has 0 radical (unpaired) electrons. The fourth-order valence-electron chi connectivity index (χ4n) is 1.94. The normalized spacial score (nSPS) is 18.0. The van der Waals surface area contributed by atoms with Crippen molar-refractivity contribution in [3.8, 4) is 11.8 Å². The van der Waals surface area contributed by atoms with Crippen molar-refractivity contribution in [2.45, 2.75) is 13.0 Å². The van der Waals surface area contributed by atoms with Gasteiger partial charge in [-0.25, -0.2) is 0 Å². The minimum Gasteiger partial charge on any atom is -0.376 e. The Labute approximate surface area is 118 Å². The Morgan fingerprint density at radius 2 is 2.30 bits per heavy atom. The summed E-state index contributed by atoms with van der Waals surface area (Å²) in [7, 11) is 0. The van der Waals surface area contributed by atoms with E-state index in [1.54, 1.807) is 0 Å². The summed E-state index contributed by atoms with van der Waals surface area (Å²) in [6, 6.07) is 5.64. The van der Waals surface area contributed by atoms with Crippen molar-refractivity contribution < 1.29 is 14.3 Å². The first-order chi connectivity index (χ1) is 9.69. The summed E-state index contributed by atoms with van der Waals surface area (Å²) in [4.78, 5) is 12.0. The Morgan fingerprint density at radius 3 is 3.00 bits per heavy atom. The Kier molecular flexibility index (Phi) is 5.13. The number of anilines is 1. The Hall–Kier alpha value is -1.87. The van der Waals surface area contributed by atoms with Gasteiger partial charge in [-0.05, 0) is 30.7 Å². The van der Waals surface area contributed by atoms with Crippen LogP contribution in [0.3, 0.4) is 0 Å². The quantitative estimate of drug-likeness (QED) is 0.777. The van der Waals surface area contributed by atoms with Gasteiger partial charge in [-0.1, -0.05) is 11.8 Å². The van der Waals surface area contributed by atoms with Gasteiger partial charge in [0.25, 0.3) is 5.91 Å². The molecule has 3 N–H and O–H groups in total. The van der Waals surface area contributed by atoms with Gasteiger partial charge < -0.3 is 20.5 Å². The molecule has 0 saturated carbocycles. The van der Waals surface area contributed by atoms with Crippen LogP contribution in [-0.4, -0.2) is 38.4 Å². The molecule has 1 aromatic carbocycles. The first kappa shape index (κ1) is 14.5. The molecule has 5 heteroatoms. The third-order valence-electron chi connectivity index (χ3n) is 2.79. The number of ether oxygens (including phenoxy) is 2. The molecule has 1 amide bonds. The van der Waals surface area contributed by atoms with Gasteiger partial charge in [0.05, 0.1) is 26.4 Å². The van der Waals surface area contributed by atoms with Crippen LogP contribution in [0.15, 0.2) is 18.2 Å². The molecule has 1 aliphatic heterocycles. The highest BCUT2D eigenvalue weighted by Crippen LogP contribution is 2.15. The molecule has 1 aromatic rings. The number of hydrogen-bond donors (Lipinski definition) is 2. The molecule has 20 heavy (non-hydrogen) atoms. The SMILES string of the molecule is Cc1cc(C#CCN)cc(NC(=O)C2COCCO2)c1. The van der Waals surface area contributed by atoms with Gasteiger partial charge in [-0.2, -0.15) is 0 Å². The van der Waals surface area contributed by atoms with E-state index in [0.29, 0.717) is 25.4 Å². The molecule has 0 spiro atoms. The maximum Gasteiger partial charge on any atom is 0.255 e. The molecule has 1 aliphatic rings. The average Bonchev–Trinajstić information content (AvgIpc) is 2.45. The van der Waals surface area contributed by atoms with E-state index in [4.69, 9.17) is 15.2 Å². The predicted molar refractivity (Wildman–Crippen MR) is 76.3 cm³/mol. The lowest BCUT2D eigenvalue weighted by Crippen LogP contribution is -2.39. The summed E-state index contributed by atoms with van der Waals surface area (Å²) in [6.45, 7) is 3.52. The molecule has 1 heterocycles. The number of aryl methyl sites for hydroxylation is 1. The van der Waals surface area contributed by atoms with Gasteiger partial charge in [0, 0.05) is 11.3 Å². The summed E-state index contributed by atoms with van der Waals surface area (Å²) in [5, 5.41) is 2.83. The number of nitrogens with one attached hydrogen (secondary N) is 1. The monoisotopic (exact) mass is 274 g/mol. The molecule has 0 bridgehead atoms. The van der Waals surface area contributed by atoms with Crippen molar-refractivity contribution in [2.75, 3.05) is 31.7 Å². The van der Waals surface area contributed by atoms with Crippen LogP contribution in [0.2, 0.25) is 0 Å². The van der Waals surface area contributed by atoms with Crippen LogP contribution in [0.25, 0.3) is 0 Å². The van der Waals surface area contributed by atoms with Crippen molar-refractivity contribution >= 4 is 11.6 Å². The van der Waals surface area contributed by atoms with E-state index >= 15 is 0 Å². The number of benzene rings is 1. The maximum absolute atomic E-state index is 12.0. The third kappa shape index (κ3) is 4.07. The van der Waals surface area contributed by atoms with Crippen LogP contribution in [0.4, 0.5) is 5.69 Å². The predicted octanol–water partition coefficient (Wildman–Crippen LogP) is 0.659.